The first-order valence-corrected chi connectivity index (χ1v) is 14.4. The van der Waals surface area contributed by atoms with Gasteiger partial charge < -0.3 is 4.74 Å². The number of rotatable bonds is 9. The smallest absolute Gasteiger partial charge is 0.229 e. The summed E-state index contributed by atoms with van der Waals surface area (Å²) in [5.41, 5.74) is 2.23. The quantitative estimate of drug-likeness (QED) is 0.571. The molecule has 1 heterocycles. The van der Waals surface area contributed by atoms with Crippen molar-refractivity contribution in [3.8, 4) is 5.75 Å². The van der Waals surface area contributed by atoms with E-state index in [0.717, 1.165) is 69.1 Å². The van der Waals surface area contributed by atoms with Crippen LogP contribution in [-0.2, 0) is 26.5 Å². The normalized spacial score (nSPS) is 18.0. The third-order valence-corrected chi connectivity index (χ3v) is 6.36. The maximum atomic E-state index is 11.3. The molecule has 0 aromatic heterocycles. The highest BCUT2D eigenvalue weighted by Crippen LogP contribution is 2.21. The van der Waals surface area contributed by atoms with Gasteiger partial charge in [-0.05, 0) is 74.2 Å². The fraction of sp³-hybridized carbons (Fsp3) is 0.455. The minimum absolute atomic E-state index is 0.0764. The maximum absolute atomic E-state index is 11.3. The molecule has 0 saturated carbocycles. The van der Waals surface area contributed by atoms with Gasteiger partial charge in [0.15, 0.2) is 0 Å². The third-order valence-electron chi connectivity index (χ3n) is 5.15. The maximum Gasteiger partial charge on any atom is 0.229 e. The molecule has 8 nitrogen and oxygen atoms in total. The van der Waals surface area contributed by atoms with Crippen molar-refractivity contribution in [3.63, 3.8) is 0 Å². The molecule has 1 atom stereocenters. The van der Waals surface area contributed by atoms with Crippen molar-refractivity contribution in [1.29, 1.82) is 0 Å². The molecule has 2 N–H and O–H groups in total. The van der Waals surface area contributed by atoms with Crippen LogP contribution >= 0.6 is 0 Å². The lowest BCUT2D eigenvalue weighted by molar-refractivity contribution is 0.142. The van der Waals surface area contributed by atoms with Crippen molar-refractivity contribution >= 4 is 31.4 Å². The van der Waals surface area contributed by atoms with E-state index >= 15 is 0 Å². The Balaban J connectivity index is 1.52. The Morgan fingerprint density at radius 1 is 0.875 bits per heavy atom. The molecular weight excluding hydrogens is 450 g/mol. The number of hydrogen-bond acceptors (Lipinski definition) is 6. The second kappa shape index (κ2) is 10.5. The van der Waals surface area contributed by atoms with E-state index in [4.69, 9.17) is 4.74 Å². The van der Waals surface area contributed by atoms with E-state index in [0.29, 0.717) is 11.4 Å². The standard InChI is InChI=1S/C22H31N3O5S2/c1-31(26,27)23-19-8-6-18(7-9-19)14-16-25-15-4-3-5-22(17-25)30-21-12-10-20(11-13-21)24-32(2,28)29/h6-13,22-24H,3-5,14-17H2,1-2H3. The highest BCUT2D eigenvalue weighted by atomic mass is 32.2. The first-order valence-electron chi connectivity index (χ1n) is 10.6. The minimum Gasteiger partial charge on any atom is -0.489 e. The van der Waals surface area contributed by atoms with Gasteiger partial charge in [-0.1, -0.05) is 12.1 Å². The van der Waals surface area contributed by atoms with Gasteiger partial charge in [-0.2, -0.15) is 0 Å². The van der Waals surface area contributed by atoms with Gasteiger partial charge in [-0.25, -0.2) is 16.8 Å². The number of sulfonamides is 2. The SMILES string of the molecule is CS(=O)(=O)Nc1ccc(CCN2CCCCC(Oc3ccc(NS(C)(=O)=O)cc3)C2)cc1. The van der Waals surface area contributed by atoms with Gasteiger partial charge >= 0.3 is 0 Å². The number of nitrogens with zero attached hydrogens (tertiary/aromatic N) is 1. The van der Waals surface area contributed by atoms with Crippen LogP contribution in [0, 0.1) is 0 Å². The van der Waals surface area contributed by atoms with E-state index in [1.54, 1.807) is 36.4 Å². The highest BCUT2D eigenvalue weighted by Gasteiger charge is 2.19. The molecule has 1 fully saturated rings. The van der Waals surface area contributed by atoms with E-state index in [1.165, 1.54) is 0 Å². The molecule has 32 heavy (non-hydrogen) atoms. The van der Waals surface area contributed by atoms with Crippen molar-refractivity contribution in [2.24, 2.45) is 0 Å². The number of nitrogens with one attached hydrogen (secondary N) is 2. The molecule has 0 spiro atoms. The lowest BCUT2D eigenvalue weighted by atomic mass is 10.1. The van der Waals surface area contributed by atoms with E-state index in [-0.39, 0.29) is 6.10 Å². The van der Waals surface area contributed by atoms with Crippen LogP contribution in [0.15, 0.2) is 48.5 Å². The Morgan fingerprint density at radius 2 is 1.44 bits per heavy atom. The zero-order valence-corrected chi connectivity index (χ0v) is 20.1. The van der Waals surface area contributed by atoms with Gasteiger partial charge in [0.05, 0.1) is 12.5 Å². The minimum atomic E-state index is -3.30. The summed E-state index contributed by atoms with van der Waals surface area (Å²) in [5.74, 6) is 0.727. The van der Waals surface area contributed by atoms with Crippen LogP contribution in [0.1, 0.15) is 24.8 Å². The first-order chi connectivity index (χ1) is 15.1. The number of hydrogen-bond donors (Lipinski definition) is 2. The third kappa shape index (κ3) is 8.68. The zero-order valence-electron chi connectivity index (χ0n) is 18.5. The van der Waals surface area contributed by atoms with Gasteiger partial charge in [-0.15, -0.1) is 0 Å². The summed E-state index contributed by atoms with van der Waals surface area (Å²) in [6, 6.07) is 14.4. The Bertz CT molecular complexity index is 1090. The van der Waals surface area contributed by atoms with Crippen molar-refractivity contribution in [1.82, 2.24) is 4.90 Å². The van der Waals surface area contributed by atoms with Crippen molar-refractivity contribution < 1.29 is 21.6 Å². The molecule has 2 aromatic carbocycles. The summed E-state index contributed by atoms with van der Waals surface area (Å²) >= 11 is 0. The summed E-state index contributed by atoms with van der Waals surface area (Å²) < 4.78 is 56.4. The van der Waals surface area contributed by atoms with Crippen molar-refractivity contribution in [2.75, 3.05) is 41.6 Å². The zero-order chi connectivity index (χ0) is 23.2. The second-order valence-corrected chi connectivity index (χ2v) is 11.8. The fourth-order valence-corrected chi connectivity index (χ4v) is 4.85. The number of benzene rings is 2. The van der Waals surface area contributed by atoms with Crippen LogP contribution in [0.5, 0.6) is 5.75 Å². The molecule has 0 aliphatic carbocycles. The Hall–Kier alpha value is -2.30. The highest BCUT2D eigenvalue weighted by molar-refractivity contribution is 7.92. The molecule has 2 aromatic rings. The lowest BCUT2D eigenvalue weighted by Crippen LogP contribution is -2.35. The van der Waals surface area contributed by atoms with Crippen molar-refractivity contribution in [2.45, 2.75) is 31.8 Å². The first kappa shape index (κ1) is 24.3. The molecule has 1 unspecified atom stereocenters. The van der Waals surface area contributed by atoms with Gasteiger partial charge in [0.2, 0.25) is 20.0 Å². The molecule has 3 rings (SSSR count). The number of anilines is 2. The van der Waals surface area contributed by atoms with Crippen LogP contribution in [0.4, 0.5) is 11.4 Å². The van der Waals surface area contributed by atoms with Gasteiger partial charge in [0.25, 0.3) is 0 Å². The topological polar surface area (TPSA) is 105 Å². The monoisotopic (exact) mass is 481 g/mol. The summed E-state index contributed by atoms with van der Waals surface area (Å²) in [6.07, 6.45) is 6.41. The van der Waals surface area contributed by atoms with Crippen LogP contribution < -0.4 is 14.2 Å². The predicted octanol–water partition coefficient (Wildman–Crippen LogP) is 2.91. The Labute approximate surface area is 191 Å². The largest absolute Gasteiger partial charge is 0.489 e. The molecule has 1 saturated heterocycles. The summed E-state index contributed by atoms with van der Waals surface area (Å²) in [5, 5.41) is 0. The van der Waals surface area contributed by atoms with E-state index in [2.05, 4.69) is 14.3 Å². The average Bonchev–Trinajstić information content (AvgIpc) is 2.92. The van der Waals surface area contributed by atoms with Crippen LogP contribution in [0.2, 0.25) is 0 Å². The van der Waals surface area contributed by atoms with Gasteiger partial charge in [0, 0.05) is 24.5 Å². The molecule has 0 bridgehead atoms. The fourth-order valence-electron chi connectivity index (χ4n) is 3.73. The molecule has 0 radical (unpaired) electrons. The molecular formula is C22H31N3O5S2. The average molecular weight is 482 g/mol. The molecule has 10 heteroatoms. The lowest BCUT2D eigenvalue weighted by Gasteiger charge is -2.25. The van der Waals surface area contributed by atoms with Crippen LogP contribution in [0.25, 0.3) is 0 Å². The van der Waals surface area contributed by atoms with E-state index in [1.807, 2.05) is 12.1 Å². The van der Waals surface area contributed by atoms with Crippen LogP contribution in [-0.4, -0.2) is 60.0 Å². The van der Waals surface area contributed by atoms with Gasteiger partial charge in [-0.3, -0.25) is 14.3 Å². The van der Waals surface area contributed by atoms with E-state index < -0.39 is 20.0 Å². The van der Waals surface area contributed by atoms with Gasteiger partial charge in [0.1, 0.15) is 11.9 Å². The summed E-state index contributed by atoms with van der Waals surface area (Å²) in [6.45, 7) is 2.75. The van der Waals surface area contributed by atoms with E-state index in [9.17, 15) is 16.8 Å². The predicted molar refractivity (Wildman–Crippen MR) is 128 cm³/mol. The molecule has 0 amide bonds. The summed E-state index contributed by atoms with van der Waals surface area (Å²) in [4.78, 5) is 2.40. The second-order valence-electron chi connectivity index (χ2n) is 8.26. The number of likely N-dealkylation sites (tertiary alicyclic amines) is 1. The molecule has 1 aliphatic rings. The van der Waals surface area contributed by atoms with Crippen LogP contribution in [0.3, 0.4) is 0 Å². The molecule has 176 valence electrons. The molecule has 1 aliphatic heterocycles. The summed E-state index contributed by atoms with van der Waals surface area (Å²) in [7, 11) is -6.57. The Morgan fingerprint density at radius 3 is 2.00 bits per heavy atom. The van der Waals surface area contributed by atoms with Crippen molar-refractivity contribution in [3.05, 3.63) is 54.1 Å². The Kier molecular flexibility index (Phi) is 8.02. The number of ether oxygens (including phenoxy) is 1.